The highest BCUT2D eigenvalue weighted by molar-refractivity contribution is 7.80. The van der Waals surface area contributed by atoms with E-state index in [-0.39, 0.29) is 23.0 Å². The number of rotatable bonds is 5. The minimum Gasteiger partial charge on any atom is -0.332 e. The van der Waals surface area contributed by atoms with Crippen molar-refractivity contribution in [2.45, 2.75) is 6.42 Å². The summed E-state index contributed by atoms with van der Waals surface area (Å²) in [5.74, 6) is -1.12. The van der Waals surface area contributed by atoms with E-state index in [4.69, 9.17) is 12.2 Å². The second kappa shape index (κ2) is 9.57. The summed E-state index contributed by atoms with van der Waals surface area (Å²) in [7, 11) is 0. The van der Waals surface area contributed by atoms with E-state index < -0.39 is 11.7 Å². The molecule has 0 fully saturated rings. The molecule has 29 heavy (non-hydrogen) atoms. The van der Waals surface area contributed by atoms with Crippen molar-refractivity contribution in [3.63, 3.8) is 0 Å². The van der Waals surface area contributed by atoms with Crippen LogP contribution in [0.5, 0.6) is 0 Å². The highest BCUT2D eigenvalue weighted by Crippen LogP contribution is 2.14. The minimum absolute atomic E-state index is 0.0834. The highest BCUT2D eigenvalue weighted by atomic mass is 32.1. The molecule has 0 aliphatic heterocycles. The molecule has 0 radical (unpaired) electrons. The van der Waals surface area contributed by atoms with Gasteiger partial charge in [0, 0.05) is 16.9 Å². The van der Waals surface area contributed by atoms with E-state index >= 15 is 0 Å². The van der Waals surface area contributed by atoms with Gasteiger partial charge < -0.3 is 10.6 Å². The molecule has 3 rings (SSSR count). The molecule has 146 valence electrons. The molecule has 2 amide bonds. The summed E-state index contributed by atoms with van der Waals surface area (Å²) >= 11 is 5.11. The van der Waals surface area contributed by atoms with E-state index in [1.54, 1.807) is 24.3 Å². The van der Waals surface area contributed by atoms with Crippen LogP contribution < -0.4 is 16.0 Å². The van der Waals surface area contributed by atoms with E-state index in [1.165, 1.54) is 18.2 Å². The first-order chi connectivity index (χ1) is 14.0. The Balaban J connectivity index is 1.51. The molecule has 0 saturated carbocycles. The molecule has 3 aromatic rings. The van der Waals surface area contributed by atoms with Crippen LogP contribution in [0.2, 0.25) is 0 Å². The highest BCUT2D eigenvalue weighted by Gasteiger charge is 2.09. The van der Waals surface area contributed by atoms with Gasteiger partial charge in [0.25, 0.3) is 5.91 Å². The van der Waals surface area contributed by atoms with Gasteiger partial charge in [-0.25, -0.2) is 4.39 Å². The number of halogens is 1. The maximum Gasteiger partial charge on any atom is 0.257 e. The van der Waals surface area contributed by atoms with Crippen molar-refractivity contribution in [2.24, 2.45) is 0 Å². The zero-order chi connectivity index (χ0) is 20.6. The topological polar surface area (TPSA) is 70.2 Å². The third-order valence-corrected chi connectivity index (χ3v) is 4.15. The normalized spacial score (nSPS) is 10.1. The molecule has 0 unspecified atom stereocenters. The second-order valence-electron chi connectivity index (χ2n) is 6.21. The molecule has 0 atom stereocenters. The lowest BCUT2D eigenvalue weighted by Crippen LogP contribution is -2.34. The Bertz CT molecular complexity index is 1020. The molecule has 3 aromatic carbocycles. The van der Waals surface area contributed by atoms with E-state index in [9.17, 15) is 14.0 Å². The van der Waals surface area contributed by atoms with Crippen LogP contribution >= 0.6 is 12.2 Å². The number of hydrogen-bond acceptors (Lipinski definition) is 3. The van der Waals surface area contributed by atoms with Crippen molar-refractivity contribution in [1.82, 2.24) is 5.32 Å². The summed E-state index contributed by atoms with van der Waals surface area (Å²) in [6.07, 6.45) is 0.289. The first-order valence-electron chi connectivity index (χ1n) is 8.81. The number of amides is 2. The van der Waals surface area contributed by atoms with Crippen molar-refractivity contribution in [1.29, 1.82) is 0 Å². The lowest BCUT2D eigenvalue weighted by molar-refractivity contribution is -0.115. The fourth-order valence-corrected chi connectivity index (χ4v) is 2.80. The monoisotopic (exact) mass is 407 g/mol. The molecule has 0 bridgehead atoms. The van der Waals surface area contributed by atoms with Gasteiger partial charge in [0.1, 0.15) is 5.82 Å². The fourth-order valence-electron chi connectivity index (χ4n) is 2.59. The molecular formula is C22H18FN3O2S. The molecule has 5 nitrogen and oxygen atoms in total. The largest absolute Gasteiger partial charge is 0.332 e. The summed E-state index contributed by atoms with van der Waals surface area (Å²) in [5.41, 5.74) is 2.38. The quantitative estimate of drug-likeness (QED) is 0.556. The first-order valence-corrected chi connectivity index (χ1v) is 9.22. The minimum atomic E-state index is -0.508. The number of nitrogens with one attached hydrogen (secondary N) is 3. The molecule has 3 N–H and O–H groups in total. The third kappa shape index (κ3) is 6.22. The summed E-state index contributed by atoms with van der Waals surface area (Å²) in [4.78, 5) is 24.2. The predicted molar refractivity (Wildman–Crippen MR) is 115 cm³/mol. The van der Waals surface area contributed by atoms with Gasteiger partial charge in [-0.2, -0.15) is 0 Å². The summed E-state index contributed by atoms with van der Waals surface area (Å²) < 4.78 is 13.2. The molecule has 0 heterocycles. The van der Waals surface area contributed by atoms with Crippen molar-refractivity contribution >= 4 is 40.5 Å². The lowest BCUT2D eigenvalue weighted by Gasteiger charge is -2.11. The Labute approximate surface area is 173 Å². The zero-order valence-electron chi connectivity index (χ0n) is 15.3. The average molecular weight is 407 g/mol. The van der Waals surface area contributed by atoms with Crippen LogP contribution in [0.15, 0.2) is 78.9 Å². The zero-order valence-corrected chi connectivity index (χ0v) is 16.1. The van der Waals surface area contributed by atoms with Crippen molar-refractivity contribution in [2.75, 3.05) is 10.6 Å². The van der Waals surface area contributed by atoms with Crippen LogP contribution in [0.25, 0.3) is 0 Å². The Morgan fingerprint density at radius 3 is 2.14 bits per heavy atom. The van der Waals surface area contributed by atoms with Gasteiger partial charge in [0.2, 0.25) is 5.91 Å². The maximum absolute atomic E-state index is 13.2. The fraction of sp³-hybridized carbons (Fsp3) is 0.0455. The van der Waals surface area contributed by atoms with Crippen molar-refractivity contribution < 1.29 is 14.0 Å². The van der Waals surface area contributed by atoms with E-state index in [0.717, 1.165) is 11.6 Å². The summed E-state index contributed by atoms with van der Waals surface area (Å²) in [6, 6.07) is 21.7. The van der Waals surface area contributed by atoms with Crippen molar-refractivity contribution in [3.05, 3.63) is 95.8 Å². The number of carbonyl (C=O) groups excluding carboxylic acids is 2. The third-order valence-electron chi connectivity index (χ3n) is 3.95. The Kier molecular flexibility index (Phi) is 6.65. The second-order valence-corrected chi connectivity index (χ2v) is 6.61. The van der Waals surface area contributed by atoms with Crippen LogP contribution in [0.3, 0.4) is 0 Å². The van der Waals surface area contributed by atoms with Gasteiger partial charge >= 0.3 is 0 Å². The average Bonchev–Trinajstić information content (AvgIpc) is 2.70. The standard InChI is InChI=1S/C22H18FN3O2S/c23-17-8-4-7-16(14-17)21(28)26-22(29)25-19-11-9-18(10-12-19)24-20(27)13-15-5-2-1-3-6-15/h1-12,14H,13H2,(H,24,27)(H2,25,26,28,29). The van der Waals surface area contributed by atoms with Crippen LogP contribution in [-0.4, -0.2) is 16.9 Å². The molecule has 0 spiro atoms. The Hall–Kier alpha value is -3.58. The van der Waals surface area contributed by atoms with E-state index in [0.29, 0.717) is 11.4 Å². The molecule has 7 heteroatoms. The van der Waals surface area contributed by atoms with Gasteiger partial charge in [-0.15, -0.1) is 0 Å². The molecule has 0 aliphatic rings. The van der Waals surface area contributed by atoms with Crippen molar-refractivity contribution in [3.8, 4) is 0 Å². The number of thiocarbonyl (C=S) groups is 1. The first kappa shape index (κ1) is 20.2. The molecular weight excluding hydrogens is 389 g/mol. The van der Waals surface area contributed by atoms with Crippen LogP contribution in [0.1, 0.15) is 15.9 Å². The van der Waals surface area contributed by atoms with Crippen LogP contribution in [0.4, 0.5) is 15.8 Å². The number of benzene rings is 3. The summed E-state index contributed by atoms with van der Waals surface area (Å²) in [5, 5.41) is 8.27. The van der Waals surface area contributed by atoms with Gasteiger partial charge in [-0.05, 0) is 60.2 Å². The van der Waals surface area contributed by atoms with Crippen LogP contribution in [0, 0.1) is 5.82 Å². The number of hydrogen-bond donors (Lipinski definition) is 3. The molecule has 0 aliphatic carbocycles. The van der Waals surface area contributed by atoms with Gasteiger partial charge in [-0.3, -0.25) is 14.9 Å². The van der Waals surface area contributed by atoms with Gasteiger partial charge in [-0.1, -0.05) is 36.4 Å². The predicted octanol–water partition coefficient (Wildman–Crippen LogP) is 4.13. The SMILES string of the molecule is O=C(Cc1ccccc1)Nc1ccc(NC(=S)NC(=O)c2cccc(F)c2)cc1. The van der Waals surface area contributed by atoms with Gasteiger partial charge in [0.15, 0.2) is 5.11 Å². The molecule has 0 aromatic heterocycles. The van der Waals surface area contributed by atoms with E-state index in [1.807, 2.05) is 30.3 Å². The number of carbonyl (C=O) groups is 2. The van der Waals surface area contributed by atoms with Crippen LogP contribution in [-0.2, 0) is 11.2 Å². The smallest absolute Gasteiger partial charge is 0.257 e. The lowest BCUT2D eigenvalue weighted by atomic mass is 10.1. The summed E-state index contributed by atoms with van der Waals surface area (Å²) in [6.45, 7) is 0. The Morgan fingerprint density at radius 2 is 1.48 bits per heavy atom. The Morgan fingerprint density at radius 1 is 0.828 bits per heavy atom. The molecule has 0 saturated heterocycles. The van der Waals surface area contributed by atoms with E-state index in [2.05, 4.69) is 16.0 Å². The maximum atomic E-state index is 13.2. The van der Waals surface area contributed by atoms with Gasteiger partial charge in [0.05, 0.1) is 6.42 Å². The number of anilines is 2.